The van der Waals surface area contributed by atoms with Gasteiger partial charge in [-0.3, -0.25) is 9.78 Å². The van der Waals surface area contributed by atoms with Crippen LogP contribution in [0.2, 0.25) is 5.02 Å². The van der Waals surface area contributed by atoms with E-state index in [0.717, 1.165) is 10.8 Å². The zero-order valence-corrected chi connectivity index (χ0v) is 11.6. The van der Waals surface area contributed by atoms with Gasteiger partial charge in [0.15, 0.2) is 5.78 Å². The van der Waals surface area contributed by atoms with Gasteiger partial charge in [-0.1, -0.05) is 35.9 Å². The van der Waals surface area contributed by atoms with E-state index in [-0.39, 0.29) is 5.78 Å². The van der Waals surface area contributed by atoms with Gasteiger partial charge in [0.25, 0.3) is 0 Å². The Balaban J connectivity index is 2.25. The molecule has 0 aliphatic heterocycles. The van der Waals surface area contributed by atoms with Crippen LogP contribution in [0, 0.1) is 11.3 Å². The monoisotopic (exact) mass is 292 g/mol. The molecule has 1 aromatic heterocycles. The number of ketones is 1. The summed E-state index contributed by atoms with van der Waals surface area (Å²) in [5.41, 5.74) is 1.41. The molecular weight excluding hydrogens is 284 g/mol. The minimum atomic E-state index is -0.200. The summed E-state index contributed by atoms with van der Waals surface area (Å²) >= 11 is 6.07. The van der Waals surface area contributed by atoms with Gasteiger partial charge in [0, 0.05) is 23.3 Å². The molecule has 0 amide bonds. The van der Waals surface area contributed by atoms with Crippen molar-refractivity contribution in [1.29, 1.82) is 5.26 Å². The van der Waals surface area contributed by atoms with E-state index in [1.807, 2.05) is 24.3 Å². The van der Waals surface area contributed by atoms with Crippen molar-refractivity contribution in [3.05, 3.63) is 76.6 Å². The highest BCUT2D eigenvalue weighted by molar-refractivity contribution is 6.35. The fourth-order valence-electron chi connectivity index (χ4n) is 2.28. The number of aromatic nitrogens is 1. The number of fused-ring (bicyclic) bond motifs is 1. The van der Waals surface area contributed by atoms with Crippen molar-refractivity contribution in [3.8, 4) is 6.07 Å². The van der Waals surface area contributed by atoms with E-state index in [4.69, 9.17) is 16.9 Å². The van der Waals surface area contributed by atoms with Crippen LogP contribution in [0.4, 0.5) is 0 Å². The molecule has 0 fully saturated rings. The maximum absolute atomic E-state index is 12.7. The lowest BCUT2D eigenvalue weighted by Gasteiger charge is -2.08. The highest BCUT2D eigenvalue weighted by Gasteiger charge is 2.16. The summed E-state index contributed by atoms with van der Waals surface area (Å²) in [7, 11) is 0. The summed E-state index contributed by atoms with van der Waals surface area (Å²) in [5.74, 6) is -0.200. The second-order valence-corrected chi connectivity index (χ2v) is 4.91. The Morgan fingerprint density at radius 2 is 1.81 bits per heavy atom. The number of halogens is 1. The van der Waals surface area contributed by atoms with Gasteiger partial charge in [-0.15, -0.1) is 0 Å². The topological polar surface area (TPSA) is 53.8 Å². The van der Waals surface area contributed by atoms with Crippen molar-refractivity contribution in [1.82, 2.24) is 4.98 Å². The minimum Gasteiger partial charge on any atom is -0.288 e. The van der Waals surface area contributed by atoms with Crippen molar-refractivity contribution in [2.45, 2.75) is 0 Å². The molecular formula is C17H9ClN2O. The number of nitrogens with zero attached hydrogens (tertiary/aromatic N) is 2. The van der Waals surface area contributed by atoms with Gasteiger partial charge in [-0.2, -0.15) is 5.26 Å². The molecule has 0 saturated heterocycles. The fourth-order valence-corrected chi connectivity index (χ4v) is 2.48. The van der Waals surface area contributed by atoms with E-state index >= 15 is 0 Å². The molecule has 0 N–H and O–H groups in total. The Hall–Kier alpha value is -2.70. The summed E-state index contributed by atoms with van der Waals surface area (Å²) in [6, 6.07) is 14.4. The lowest BCUT2D eigenvalue weighted by Crippen LogP contribution is -2.04. The molecule has 0 bridgehead atoms. The van der Waals surface area contributed by atoms with Crippen LogP contribution in [0.25, 0.3) is 10.8 Å². The van der Waals surface area contributed by atoms with Gasteiger partial charge in [-0.05, 0) is 23.6 Å². The number of nitriles is 1. The van der Waals surface area contributed by atoms with Crippen molar-refractivity contribution < 1.29 is 4.79 Å². The molecule has 0 radical (unpaired) electrons. The molecule has 2 aromatic carbocycles. The average molecular weight is 293 g/mol. The summed E-state index contributed by atoms with van der Waals surface area (Å²) in [4.78, 5) is 16.6. The van der Waals surface area contributed by atoms with E-state index < -0.39 is 0 Å². The smallest absolute Gasteiger partial charge is 0.196 e. The third-order valence-electron chi connectivity index (χ3n) is 3.30. The van der Waals surface area contributed by atoms with Crippen molar-refractivity contribution >= 4 is 28.2 Å². The molecule has 0 aliphatic carbocycles. The van der Waals surface area contributed by atoms with Crippen LogP contribution < -0.4 is 0 Å². The van der Waals surface area contributed by atoms with Crippen molar-refractivity contribution in [2.75, 3.05) is 0 Å². The Kier molecular flexibility index (Phi) is 3.39. The standard InChI is InChI=1S/C17H9ClN2O/c18-16-7-8-20-10-15(16)17(21)14-6-5-11(9-19)12-3-1-2-4-13(12)14/h1-8,10H. The molecule has 21 heavy (non-hydrogen) atoms. The third kappa shape index (κ3) is 2.26. The number of carbonyl (C=O) groups excluding carboxylic acids is 1. The van der Waals surface area contributed by atoms with Crippen molar-refractivity contribution in [3.63, 3.8) is 0 Å². The molecule has 3 aromatic rings. The Morgan fingerprint density at radius 3 is 2.52 bits per heavy atom. The molecule has 0 aliphatic rings. The van der Waals surface area contributed by atoms with Crippen molar-refractivity contribution in [2.24, 2.45) is 0 Å². The second-order valence-electron chi connectivity index (χ2n) is 4.50. The highest BCUT2D eigenvalue weighted by Crippen LogP contribution is 2.26. The van der Waals surface area contributed by atoms with E-state index in [2.05, 4.69) is 11.1 Å². The zero-order chi connectivity index (χ0) is 14.8. The van der Waals surface area contributed by atoms with Crippen LogP contribution in [-0.2, 0) is 0 Å². The molecule has 0 saturated carbocycles. The number of carbonyl (C=O) groups is 1. The molecule has 3 nitrogen and oxygen atoms in total. The van der Waals surface area contributed by atoms with E-state index in [0.29, 0.717) is 21.7 Å². The molecule has 0 spiro atoms. The van der Waals surface area contributed by atoms with Crippen LogP contribution in [0.15, 0.2) is 54.9 Å². The molecule has 4 heteroatoms. The minimum absolute atomic E-state index is 0.200. The second kappa shape index (κ2) is 5.35. The molecule has 100 valence electrons. The number of rotatable bonds is 2. The predicted octanol–water partition coefficient (Wildman–Crippen LogP) is 3.99. The predicted molar refractivity (Wildman–Crippen MR) is 81.3 cm³/mol. The molecule has 0 atom stereocenters. The van der Waals surface area contributed by atoms with E-state index in [1.54, 1.807) is 18.2 Å². The average Bonchev–Trinajstić information content (AvgIpc) is 2.53. The molecule has 1 heterocycles. The van der Waals surface area contributed by atoms with Gasteiger partial charge in [-0.25, -0.2) is 0 Å². The Labute approximate surface area is 126 Å². The van der Waals surface area contributed by atoms with Gasteiger partial charge >= 0.3 is 0 Å². The maximum atomic E-state index is 12.7. The number of pyridine rings is 1. The molecule has 0 unspecified atom stereocenters. The quantitative estimate of drug-likeness (QED) is 0.671. The fraction of sp³-hybridized carbons (Fsp3) is 0. The third-order valence-corrected chi connectivity index (χ3v) is 3.63. The largest absolute Gasteiger partial charge is 0.288 e. The molecule has 3 rings (SSSR count). The number of benzene rings is 2. The van der Waals surface area contributed by atoms with Gasteiger partial charge in [0.1, 0.15) is 0 Å². The normalized spacial score (nSPS) is 10.3. The van der Waals surface area contributed by atoms with Gasteiger partial charge in [0.2, 0.25) is 0 Å². The van der Waals surface area contributed by atoms with E-state index in [1.165, 1.54) is 12.4 Å². The summed E-state index contributed by atoms with van der Waals surface area (Å²) in [5, 5.41) is 11.0. The summed E-state index contributed by atoms with van der Waals surface area (Å²) in [6.45, 7) is 0. The van der Waals surface area contributed by atoms with Gasteiger partial charge < -0.3 is 0 Å². The maximum Gasteiger partial charge on any atom is 0.196 e. The summed E-state index contributed by atoms with van der Waals surface area (Å²) < 4.78 is 0. The lowest BCUT2D eigenvalue weighted by atomic mass is 9.95. The van der Waals surface area contributed by atoms with Crippen LogP contribution in [0.1, 0.15) is 21.5 Å². The highest BCUT2D eigenvalue weighted by atomic mass is 35.5. The summed E-state index contributed by atoms with van der Waals surface area (Å²) in [6.07, 6.45) is 2.99. The number of hydrogen-bond acceptors (Lipinski definition) is 3. The Morgan fingerprint density at radius 1 is 1.05 bits per heavy atom. The first-order valence-corrected chi connectivity index (χ1v) is 6.66. The van der Waals surface area contributed by atoms with Crippen LogP contribution >= 0.6 is 11.6 Å². The first kappa shape index (κ1) is 13.3. The van der Waals surface area contributed by atoms with Gasteiger partial charge in [0.05, 0.1) is 22.2 Å². The van der Waals surface area contributed by atoms with Crippen LogP contribution in [0.5, 0.6) is 0 Å². The first-order chi connectivity index (χ1) is 10.2. The van der Waals surface area contributed by atoms with E-state index in [9.17, 15) is 4.79 Å². The lowest BCUT2D eigenvalue weighted by molar-refractivity contribution is 0.104. The zero-order valence-electron chi connectivity index (χ0n) is 10.9. The number of hydrogen-bond donors (Lipinski definition) is 0. The van der Waals surface area contributed by atoms with Crippen LogP contribution in [-0.4, -0.2) is 10.8 Å². The van der Waals surface area contributed by atoms with Crippen LogP contribution in [0.3, 0.4) is 0 Å². The first-order valence-electron chi connectivity index (χ1n) is 6.28. The Bertz CT molecular complexity index is 897. The SMILES string of the molecule is N#Cc1ccc(C(=O)c2cnccc2Cl)c2ccccc12.